The van der Waals surface area contributed by atoms with Gasteiger partial charge in [-0.25, -0.2) is 4.79 Å². The van der Waals surface area contributed by atoms with Gasteiger partial charge in [0.05, 0.1) is 0 Å². The van der Waals surface area contributed by atoms with Crippen molar-refractivity contribution < 1.29 is 9.59 Å². The van der Waals surface area contributed by atoms with Crippen molar-refractivity contribution in [1.29, 1.82) is 0 Å². The third-order valence-corrected chi connectivity index (χ3v) is 2.95. The van der Waals surface area contributed by atoms with E-state index in [0.29, 0.717) is 11.3 Å². The fourth-order valence-electron chi connectivity index (χ4n) is 2.12. The number of Topliss-reactive ketones (excluding diaryl/α,β-unsaturated/α-hetero) is 1. The summed E-state index contributed by atoms with van der Waals surface area (Å²) in [6.07, 6.45) is 0.784. The zero-order valence-corrected chi connectivity index (χ0v) is 9.33. The fraction of sp³-hybridized carbons (Fsp3) is 0.333. The van der Waals surface area contributed by atoms with Gasteiger partial charge in [-0.15, -0.1) is 0 Å². The number of hydrogen-bond donors (Lipinski definition) is 2. The van der Waals surface area contributed by atoms with Gasteiger partial charge in [0.15, 0.2) is 5.78 Å². The van der Waals surface area contributed by atoms with Crippen LogP contribution < -0.4 is 11.1 Å². The van der Waals surface area contributed by atoms with Crippen LogP contribution in [0.1, 0.15) is 28.4 Å². The third-order valence-electron chi connectivity index (χ3n) is 2.95. The summed E-state index contributed by atoms with van der Waals surface area (Å²) in [7, 11) is 0. The third kappa shape index (κ3) is 1.66. The zero-order chi connectivity index (χ0) is 11.9. The maximum atomic E-state index is 11.8. The number of carbonyl (C=O) groups excluding carboxylic acids is 2. The number of nitrogens with two attached hydrogens (primary N) is 1. The van der Waals surface area contributed by atoms with Crippen molar-refractivity contribution in [2.24, 2.45) is 11.7 Å². The number of hydrogen-bond acceptors (Lipinski definition) is 2. The fourth-order valence-corrected chi connectivity index (χ4v) is 2.12. The molecule has 0 fully saturated rings. The molecule has 0 bridgehead atoms. The lowest BCUT2D eigenvalue weighted by Crippen LogP contribution is -2.20. The van der Waals surface area contributed by atoms with E-state index in [9.17, 15) is 9.59 Å². The van der Waals surface area contributed by atoms with Crippen LogP contribution in [0.15, 0.2) is 12.1 Å². The van der Waals surface area contributed by atoms with Crippen LogP contribution in [0, 0.1) is 12.8 Å². The molecule has 0 spiro atoms. The standard InChI is InChI=1S/C12H14N2O2/c1-6-3-8-4-7(2)11(15)9(8)5-10(6)14-12(13)16/h3,5,7H,4H2,1-2H3,(H3,13,14,16). The lowest BCUT2D eigenvalue weighted by Gasteiger charge is -2.08. The number of rotatable bonds is 1. The molecule has 0 aliphatic heterocycles. The summed E-state index contributed by atoms with van der Waals surface area (Å²) in [5.41, 5.74) is 8.39. The summed E-state index contributed by atoms with van der Waals surface area (Å²) in [6.45, 7) is 3.80. The van der Waals surface area contributed by atoms with Crippen LogP contribution in [0.2, 0.25) is 0 Å². The average Bonchev–Trinajstić information content (AvgIpc) is 2.44. The van der Waals surface area contributed by atoms with Crippen molar-refractivity contribution in [2.45, 2.75) is 20.3 Å². The van der Waals surface area contributed by atoms with Gasteiger partial charge >= 0.3 is 6.03 Å². The van der Waals surface area contributed by atoms with E-state index >= 15 is 0 Å². The van der Waals surface area contributed by atoms with Gasteiger partial charge in [-0.2, -0.15) is 0 Å². The van der Waals surface area contributed by atoms with Gasteiger partial charge in [0.1, 0.15) is 0 Å². The van der Waals surface area contributed by atoms with Crippen molar-refractivity contribution in [3.05, 3.63) is 28.8 Å². The van der Waals surface area contributed by atoms with Crippen LogP contribution in [-0.4, -0.2) is 11.8 Å². The molecule has 0 saturated carbocycles. The largest absolute Gasteiger partial charge is 0.351 e. The monoisotopic (exact) mass is 218 g/mol. The van der Waals surface area contributed by atoms with Gasteiger partial charge in [-0.3, -0.25) is 4.79 Å². The molecule has 4 heteroatoms. The molecule has 1 atom stereocenters. The Bertz CT molecular complexity index is 480. The van der Waals surface area contributed by atoms with Crippen molar-refractivity contribution in [2.75, 3.05) is 5.32 Å². The first-order valence-corrected chi connectivity index (χ1v) is 5.23. The highest BCUT2D eigenvalue weighted by atomic mass is 16.2. The topological polar surface area (TPSA) is 72.2 Å². The van der Waals surface area contributed by atoms with Crippen molar-refractivity contribution in [1.82, 2.24) is 0 Å². The summed E-state index contributed by atoms with van der Waals surface area (Å²) >= 11 is 0. The molecule has 0 saturated heterocycles. The predicted octanol–water partition coefficient (Wildman–Crippen LogP) is 1.86. The van der Waals surface area contributed by atoms with E-state index in [2.05, 4.69) is 5.32 Å². The second-order valence-corrected chi connectivity index (χ2v) is 4.28. The molecular weight excluding hydrogens is 204 g/mol. The first kappa shape index (κ1) is 10.7. The van der Waals surface area contributed by atoms with Gasteiger partial charge in [-0.1, -0.05) is 13.0 Å². The van der Waals surface area contributed by atoms with Gasteiger partial charge < -0.3 is 11.1 Å². The molecule has 1 aliphatic carbocycles. The van der Waals surface area contributed by atoms with Crippen LogP contribution in [-0.2, 0) is 6.42 Å². The number of primary amides is 1. The summed E-state index contributed by atoms with van der Waals surface area (Å²) in [5, 5.41) is 2.52. The van der Waals surface area contributed by atoms with E-state index in [1.807, 2.05) is 19.9 Å². The van der Waals surface area contributed by atoms with Gasteiger partial charge in [0.2, 0.25) is 0 Å². The number of nitrogens with one attached hydrogen (secondary N) is 1. The Morgan fingerprint density at radius 1 is 1.50 bits per heavy atom. The van der Waals surface area contributed by atoms with Crippen LogP contribution >= 0.6 is 0 Å². The number of anilines is 1. The Morgan fingerprint density at radius 2 is 2.19 bits per heavy atom. The number of ketones is 1. The Labute approximate surface area is 93.8 Å². The lowest BCUT2D eigenvalue weighted by atomic mass is 10.0. The minimum atomic E-state index is -0.610. The summed E-state index contributed by atoms with van der Waals surface area (Å²) < 4.78 is 0. The quantitative estimate of drug-likeness (QED) is 0.755. The minimum absolute atomic E-state index is 0.0400. The molecule has 2 rings (SSSR count). The molecule has 0 aromatic heterocycles. The molecule has 16 heavy (non-hydrogen) atoms. The Balaban J connectivity index is 2.45. The normalized spacial score (nSPS) is 18.4. The highest BCUT2D eigenvalue weighted by molar-refractivity contribution is 6.03. The van der Waals surface area contributed by atoms with Crippen molar-refractivity contribution in [3.63, 3.8) is 0 Å². The molecule has 2 amide bonds. The average molecular weight is 218 g/mol. The molecule has 3 N–H and O–H groups in total. The van der Waals surface area contributed by atoms with Crippen LogP contribution in [0.3, 0.4) is 0 Å². The summed E-state index contributed by atoms with van der Waals surface area (Å²) in [4.78, 5) is 22.6. The Morgan fingerprint density at radius 3 is 2.81 bits per heavy atom. The number of benzene rings is 1. The molecule has 1 aromatic rings. The predicted molar refractivity (Wildman–Crippen MR) is 61.6 cm³/mol. The molecule has 1 aromatic carbocycles. The molecule has 1 aliphatic rings. The van der Waals surface area contributed by atoms with E-state index in [1.54, 1.807) is 6.07 Å². The highest BCUT2D eigenvalue weighted by Gasteiger charge is 2.27. The number of amides is 2. The van der Waals surface area contributed by atoms with Gasteiger partial charge in [-0.05, 0) is 30.5 Å². The van der Waals surface area contributed by atoms with Crippen molar-refractivity contribution >= 4 is 17.5 Å². The maximum Gasteiger partial charge on any atom is 0.316 e. The molecule has 1 unspecified atom stereocenters. The smallest absolute Gasteiger partial charge is 0.316 e. The highest BCUT2D eigenvalue weighted by Crippen LogP contribution is 2.30. The Hall–Kier alpha value is -1.84. The second kappa shape index (κ2) is 3.63. The minimum Gasteiger partial charge on any atom is -0.351 e. The second-order valence-electron chi connectivity index (χ2n) is 4.28. The number of fused-ring (bicyclic) bond motifs is 1. The van der Waals surface area contributed by atoms with Gasteiger partial charge in [0.25, 0.3) is 0 Å². The maximum absolute atomic E-state index is 11.8. The van der Waals surface area contributed by atoms with E-state index in [4.69, 9.17) is 5.73 Å². The zero-order valence-electron chi connectivity index (χ0n) is 9.33. The van der Waals surface area contributed by atoms with Gasteiger partial charge in [0, 0.05) is 17.2 Å². The molecule has 84 valence electrons. The van der Waals surface area contributed by atoms with E-state index in [0.717, 1.165) is 17.5 Å². The molecular formula is C12H14N2O2. The summed E-state index contributed by atoms with van der Waals surface area (Å²) in [6, 6.07) is 3.06. The molecule has 0 heterocycles. The SMILES string of the molecule is Cc1cc2c(cc1NC(N)=O)C(=O)C(C)C2. The van der Waals surface area contributed by atoms with Crippen LogP contribution in [0.5, 0.6) is 0 Å². The van der Waals surface area contributed by atoms with Crippen molar-refractivity contribution in [3.8, 4) is 0 Å². The number of carbonyl (C=O) groups is 2. The molecule has 4 nitrogen and oxygen atoms in total. The van der Waals surface area contributed by atoms with E-state index < -0.39 is 6.03 Å². The lowest BCUT2D eigenvalue weighted by molar-refractivity contribution is 0.0946. The van der Waals surface area contributed by atoms with E-state index in [1.165, 1.54) is 0 Å². The summed E-state index contributed by atoms with van der Waals surface area (Å²) in [5.74, 6) is 0.181. The number of urea groups is 1. The first-order valence-electron chi connectivity index (χ1n) is 5.23. The molecule has 0 radical (unpaired) electrons. The van der Waals surface area contributed by atoms with Crippen LogP contribution in [0.25, 0.3) is 0 Å². The first-order chi connectivity index (χ1) is 7.49. The Kier molecular flexibility index (Phi) is 2.42. The number of aryl methyl sites for hydroxylation is 1. The van der Waals surface area contributed by atoms with Crippen LogP contribution in [0.4, 0.5) is 10.5 Å². The van der Waals surface area contributed by atoms with E-state index in [-0.39, 0.29) is 11.7 Å².